The first kappa shape index (κ1) is 19.6. The number of nitrogens with one attached hydrogen (secondary N) is 2. The number of anilines is 1. The second-order valence-corrected chi connectivity index (χ2v) is 8.90. The third kappa shape index (κ3) is 4.99. The molecule has 0 aliphatic carbocycles. The number of ether oxygens (including phenoxy) is 1. The number of aromatic nitrogens is 1. The summed E-state index contributed by atoms with van der Waals surface area (Å²) in [5.74, 6) is 0.860. The summed E-state index contributed by atoms with van der Waals surface area (Å²) in [5, 5.41) is 3.37. The maximum Gasteiger partial charge on any atom is 0.261 e. The molecule has 1 atom stereocenters. The molecule has 0 radical (unpaired) electrons. The Morgan fingerprint density at radius 1 is 1.22 bits per heavy atom. The molecule has 2 N–H and O–H groups in total. The number of nitrogens with zero attached hydrogens (tertiary/aromatic N) is 1. The van der Waals surface area contributed by atoms with Gasteiger partial charge >= 0.3 is 0 Å². The Bertz CT molecular complexity index is 874. The molecule has 0 saturated carbocycles. The smallest absolute Gasteiger partial charge is 0.261 e. The lowest BCUT2D eigenvalue weighted by Crippen LogP contribution is -2.28. The Hall–Kier alpha value is -2.12. The summed E-state index contributed by atoms with van der Waals surface area (Å²) in [6.07, 6.45) is 2.27. The van der Waals surface area contributed by atoms with E-state index in [1.54, 1.807) is 31.2 Å². The molecule has 0 bridgehead atoms. The minimum atomic E-state index is -3.66. The van der Waals surface area contributed by atoms with Crippen molar-refractivity contribution in [1.29, 1.82) is 0 Å². The van der Waals surface area contributed by atoms with Crippen LogP contribution in [0.2, 0.25) is 0 Å². The second-order valence-electron chi connectivity index (χ2n) is 7.22. The average Bonchev–Trinajstić information content (AvgIpc) is 3.15. The van der Waals surface area contributed by atoms with Crippen molar-refractivity contribution >= 4 is 15.7 Å². The fraction of sp³-hybridized carbons (Fsp3) is 0.450. The first-order valence-electron chi connectivity index (χ1n) is 9.32. The molecule has 0 spiro atoms. The molecule has 1 unspecified atom stereocenters. The van der Waals surface area contributed by atoms with Crippen molar-refractivity contribution in [1.82, 2.24) is 10.3 Å². The van der Waals surface area contributed by atoms with Gasteiger partial charge in [-0.05, 0) is 56.0 Å². The third-order valence-electron chi connectivity index (χ3n) is 4.76. The van der Waals surface area contributed by atoms with Crippen LogP contribution in [0.25, 0.3) is 0 Å². The maximum atomic E-state index is 12.6. The molecule has 146 valence electrons. The zero-order valence-electron chi connectivity index (χ0n) is 16.0. The van der Waals surface area contributed by atoms with Gasteiger partial charge in [0.25, 0.3) is 10.0 Å². The molecular weight excluding hydrogens is 362 g/mol. The van der Waals surface area contributed by atoms with Crippen LogP contribution >= 0.6 is 0 Å². The summed E-state index contributed by atoms with van der Waals surface area (Å²) in [7, 11) is -3.66. The molecule has 1 saturated heterocycles. The standard InChI is InChI=1S/C20H27N3O3S/c1-14(2)16-6-8-18(9-7-16)27(24,25)23-19-10-11-20(22-15(19)3)26-13-17-5-4-12-21-17/h6-11,14,17,21,23H,4-5,12-13H2,1-3H3. The summed E-state index contributed by atoms with van der Waals surface area (Å²) >= 11 is 0. The maximum absolute atomic E-state index is 12.6. The quantitative estimate of drug-likeness (QED) is 0.758. The summed E-state index contributed by atoms with van der Waals surface area (Å²) < 4.78 is 33.6. The van der Waals surface area contributed by atoms with Crippen LogP contribution in [0.4, 0.5) is 5.69 Å². The fourth-order valence-corrected chi connectivity index (χ4v) is 4.16. The molecular formula is C20H27N3O3S. The topological polar surface area (TPSA) is 80.3 Å². The number of hydrogen-bond donors (Lipinski definition) is 2. The van der Waals surface area contributed by atoms with Gasteiger partial charge in [-0.1, -0.05) is 26.0 Å². The average molecular weight is 390 g/mol. The van der Waals surface area contributed by atoms with Crippen molar-refractivity contribution in [3.05, 3.63) is 47.7 Å². The Morgan fingerprint density at radius 2 is 1.96 bits per heavy atom. The van der Waals surface area contributed by atoms with E-state index in [0.717, 1.165) is 18.5 Å². The molecule has 27 heavy (non-hydrogen) atoms. The highest BCUT2D eigenvalue weighted by Gasteiger charge is 2.17. The minimum Gasteiger partial charge on any atom is -0.476 e. The van der Waals surface area contributed by atoms with Gasteiger partial charge in [-0.3, -0.25) is 4.72 Å². The lowest BCUT2D eigenvalue weighted by molar-refractivity contribution is 0.267. The summed E-state index contributed by atoms with van der Waals surface area (Å²) in [6, 6.07) is 10.7. The van der Waals surface area contributed by atoms with E-state index in [-0.39, 0.29) is 4.90 Å². The van der Waals surface area contributed by atoms with E-state index in [2.05, 4.69) is 28.9 Å². The van der Waals surface area contributed by atoms with Crippen LogP contribution in [-0.4, -0.2) is 32.6 Å². The van der Waals surface area contributed by atoms with Gasteiger partial charge in [-0.25, -0.2) is 13.4 Å². The molecule has 1 aromatic heterocycles. The third-order valence-corrected chi connectivity index (χ3v) is 6.14. The molecule has 3 rings (SSSR count). The Morgan fingerprint density at radius 3 is 2.56 bits per heavy atom. The fourth-order valence-electron chi connectivity index (χ4n) is 3.05. The second kappa shape index (κ2) is 8.27. The number of hydrogen-bond acceptors (Lipinski definition) is 5. The zero-order valence-corrected chi connectivity index (χ0v) is 16.8. The van der Waals surface area contributed by atoms with E-state index in [4.69, 9.17) is 4.74 Å². The lowest BCUT2D eigenvalue weighted by atomic mass is 10.0. The van der Waals surface area contributed by atoms with Crippen LogP contribution in [0.3, 0.4) is 0 Å². The molecule has 2 heterocycles. The van der Waals surface area contributed by atoms with Gasteiger partial charge in [0.2, 0.25) is 5.88 Å². The van der Waals surface area contributed by atoms with E-state index in [1.807, 2.05) is 12.1 Å². The van der Waals surface area contributed by atoms with Gasteiger partial charge in [0, 0.05) is 12.1 Å². The van der Waals surface area contributed by atoms with Gasteiger partial charge in [0.1, 0.15) is 6.61 Å². The number of sulfonamides is 1. The van der Waals surface area contributed by atoms with Crippen molar-refractivity contribution in [3.8, 4) is 5.88 Å². The normalized spacial score (nSPS) is 17.3. The van der Waals surface area contributed by atoms with Crippen LogP contribution in [0.1, 0.15) is 43.9 Å². The SMILES string of the molecule is Cc1nc(OCC2CCCN2)ccc1NS(=O)(=O)c1ccc(C(C)C)cc1. The summed E-state index contributed by atoms with van der Waals surface area (Å²) in [6.45, 7) is 7.51. The van der Waals surface area contributed by atoms with E-state index >= 15 is 0 Å². The molecule has 1 aliphatic heterocycles. The van der Waals surface area contributed by atoms with Crippen molar-refractivity contribution < 1.29 is 13.2 Å². The monoisotopic (exact) mass is 389 g/mol. The predicted molar refractivity (Wildman–Crippen MR) is 107 cm³/mol. The molecule has 1 fully saturated rings. The lowest BCUT2D eigenvalue weighted by Gasteiger charge is -2.14. The molecule has 6 nitrogen and oxygen atoms in total. The highest BCUT2D eigenvalue weighted by molar-refractivity contribution is 7.92. The molecule has 2 aromatic rings. The van der Waals surface area contributed by atoms with Crippen molar-refractivity contribution in [2.45, 2.75) is 50.5 Å². The van der Waals surface area contributed by atoms with Crippen molar-refractivity contribution in [2.75, 3.05) is 17.9 Å². The van der Waals surface area contributed by atoms with E-state index in [9.17, 15) is 8.42 Å². The van der Waals surface area contributed by atoms with E-state index in [1.165, 1.54) is 6.42 Å². The van der Waals surface area contributed by atoms with E-state index < -0.39 is 10.0 Å². The molecule has 0 amide bonds. The van der Waals surface area contributed by atoms with Crippen LogP contribution < -0.4 is 14.8 Å². The Balaban J connectivity index is 1.68. The molecule has 1 aromatic carbocycles. The highest BCUT2D eigenvalue weighted by Crippen LogP contribution is 2.23. The van der Waals surface area contributed by atoms with Crippen LogP contribution in [0.5, 0.6) is 5.88 Å². The predicted octanol–water partition coefficient (Wildman–Crippen LogP) is 3.45. The first-order valence-corrected chi connectivity index (χ1v) is 10.8. The largest absolute Gasteiger partial charge is 0.476 e. The highest BCUT2D eigenvalue weighted by atomic mass is 32.2. The van der Waals surface area contributed by atoms with Gasteiger partial charge in [-0.2, -0.15) is 0 Å². The van der Waals surface area contributed by atoms with Gasteiger partial charge in [0.05, 0.1) is 16.3 Å². The summed E-state index contributed by atoms with van der Waals surface area (Å²) in [5.41, 5.74) is 2.13. The summed E-state index contributed by atoms with van der Waals surface area (Å²) in [4.78, 5) is 4.61. The number of benzene rings is 1. The van der Waals surface area contributed by atoms with Gasteiger partial charge < -0.3 is 10.1 Å². The van der Waals surface area contributed by atoms with Crippen molar-refractivity contribution in [3.63, 3.8) is 0 Å². The molecule has 1 aliphatic rings. The molecule has 7 heteroatoms. The van der Waals surface area contributed by atoms with Gasteiger partial charge in [0.15, 0.2) is 0 Å². The van der Waals surface area contributed by atoms with Crippen LogP contribution in [0.15, 0.2) is 41.3 Å². The number of pyridine rings is 1. The van der Waals surface area contributed by atoms with E-state index in [0.29, 0.717) is 35.8 Å². The number of rotatable bonds is 7. The van der Waals surface area contributed by atoms with Crippen molar-refractivity contribution in [2.24, 2.45) is 0 Å². The van der Waals surface area contributed by atoms with Crippen LogP contribution in [-0.2, 0) is 10.0 Å². The van der Waals surface area contributed by atoms with Crippen LogP contribution in [0, 0.1) is 6.92 Å². The minimum absolute atomic E-state index is 0.235. The zero-order chi connectivity index (χ0) is 19.4. The number of aryl methyl sites for hydroxylation is 1. The Labute approximate surface area is 161 Å². The Kier molecular flexibility index (Phi) is 6.01. The van der Waals surface area contributed by atoms with Gasteiger partial charge in [-0.15, -0.1) is 0 Å². The first-order chi connectivity index (χ1) is 12.8.